The Morgan fingerprint density at radius 1 is 1.35 bits per heavy atom. The van der Waals surface area contributed by atoms with E-state index in [4.69, 9.17) is 0 Å². The lowest BCUT2D eigenvalue weighted by molar-refractivity contribution is 0.142. The molecular weight excluding hydrogens is 210 g/mol. The van der Waals surface area contributed by atoms with Gasteiger partial charge in [-0.1, -0.05) is 20.3 Å². The number of nitrogens with one attached hydrogen (secondary N) is 1. The maximum Gasteiger partial charge on any atom is 0.0226 e. The van der Waals surface area contributed by atoms with Gasteiger partial charge < -0.3 is 10.2 Å². The van der Waals surface area contributed by atoms with E-state index < -0.39 is 0 Å². The van der Waals surface area contributed by atoms with Crippen molar-refractivity contribution >= 4 is 0 Å². The zero-order chi connectivity index (χ0) is 12.7. The lowest BCUT2D eigenvalue weighted by Crippen LogP contribution is -2.47. The smallest absolute Gasteiger partial charge is 0.0226 e. The molecule has 3 nitrogen and oxygen atoms in total. The number of likely N-dealkylation sites (tertiary alicyclic amines) is 1. The van der Waals surface area contributed by atoms with Crippen LogP contribution in [0, 0.1) is 0 Å². The lowest BCUT2D eigenvalue weighted by Gasteiger charge is -2.34. The van der Waals surface area contributed by atoms with Crippen LogP contribution in [-0.2, 0) is 0 Å². The minimum atomic E-state index is 0.743. The topological polar surface area (TPSA) is 18.5 Å². The van der Waals surface area contributed by atoms with Gasteiger partial charge in [0.1, 0.15) is 0 Å². The average Bonchev–Trinajstić information content (AvgIpc) is 2.71. The Kier molecular flexibility index (Phi) is 7.09. The van der Waals surface area contributed by atoms with Crippen LogP contribution >= 0.6 is 0 Å². The number of hydrogen-bond donors (Lipinski definition) is 1. The summed E-state index contributed by atoms with van der Waals surface area (Å²) in [5.41, 5.74) is 0. The SMILES string of the molecule is CCCC(CNCC)N1CCCC1CN(C)C. The van der Waals surface area contributed by atoms with Crippen molar-refractivity contribution in [2.75, 3.05) is 40.3 Å². The maximum absolute atomic E-state index is 3.53. The van der Waals surface area contributed by atoms with Crippen LogP contribution in [0.2, 0.25) is 0 Å². The molecule has 0 aromatic rings. The van der Waals surface area contributed by atoms with Crippen molar-refractivity contribution in [3.8, 4) is 0 Å². The Hall–Kier alpha value is -0.120. The highest BCUT2D eigenvalue weighted by Crippen LogP contribution is 2.22. The van der Waals surface area contributed by atoms with Gasteiger partial charge in [0, 0.05) is 25.2 Å². The van der Waals surface area contributed by atoms with Crippen LogP contribution in [0.5, 0.6) is 0 Å². The molecule has 1 aliphatic heterocycles. The molecule has 2 unspecified atom stereocenters. The van der Waals surface area contributed by atoms with Crippen LogP contribution in [0.15, 0.2) is 0 Å². The molecule has 1 saturated heterocycles. The Balaban J connectivity index is 2.51. The van der Waals surface area contributed by atoms with Gasteiger partial charge in [0.2, 0.25) is 0 Å². The third-order valence-electron chi connectivity index (χ3n) is 3.72. The maximum atomic E-state index is 3.53. The molecule has 1 rings (SSSR count). The van der Waals surface area contributed by atoms with Gasteiger partial charge in [-0.2, -0.15) is 0 Å². The van der Waals surface area contributed by atoms with Gasteiger partial charge in [0.15, 0.2) is 0 Å². The summed E-state index contributed by atoms with van der Waals surface area (Å²) in [7, 11) is 4.38. The summed E-state index contributed by atoms with van der Waals surface area (Å²) in [6, 6.07) is 1.52. The van der Waals surface area contributed by atoms with Crippen LogP contribution in [0.3, 0.4) is 0 Å². The van der Waals surface area contributed by atoms with E-state index in [1.54, 1.807) is 0 Å². The molecule has 3 heteroatoms. The standard InChI is InChI=1S/C14H31N3/c1-5-8-13(11-15-6-2)17-10-7-9-14(17)12-16(3)4/h13-15H,5-12H2,1-4H3. The molecule has 2 atom stereocenters. The van der Waals surface area contributed by atoms with Gasteiger partial charge in [-0.15, -0.1) is 0 Å². The average molecular weight is 241 g/mol. The van der Waals surface area contributed by atoms with Crippen molar-refractivity contribution in [1.82, 2.24) is 15.1 Å². The first-order chi connectivity index (χ1) is 8.19. The van der Waals surface area contributed by atoms with Gasteiger partial charge in [-0.3, -0.25) is 4.90 Å². The molecule has 0 saturated carbocycles. The number of rotatable bonds is 8. The molecule has 0 aromatic heterocycles. The summed E-state index contributed by atoms with van der Waals surface area (Å²) in [6.45, 7) is 9.27. The molecule has 1 aliphatic rings. The van der Waals surface area contributed by atoms with Gasteiger partial charge in [-0.25, -0.2) is 0 Å². The van der Waals surface area contributed by atoms with Crippen molar-refractivity contribution in [3.63, 3.8) is 0 Å². The lowest BCUT2D eigenvalue weighted by atomic mass is 10.1. The van der Waals surface area contributed by atoms with E-state index in [0.29, 0.717) is 0 Å². The van der Waals surface area contributed by atoms with Gasteiger partial charge in [-0.05, 0) is 46.4 Å². The predicted molar refractivity (Wildman–Crippen MR) is 75.5 cm³/mol. The van der Waals surface area contributed by atoms with Crippen LogP contribution in [0.1, 0.15) is 39.5 Å². The fourth-order valence-corrected chi connectivity index (χ4v) is 2.99. The molecule has 0 radical (unpaired) electrons. The second kappa shape index (κ2) is 8.06. The van der Waals surface area contributed by atoms with E-state index in [0.717, 1.165) is 25.2 Å². The van der Waals surface area contributed by atoms with E-state index in [-0.39, 0.29) is 0 Å². The fourth-order valence-electron chi connectivity index (χ4n) is 2.99. The number of hydrogen-bond acceptors (Lipinski definition) is 3. The second-order valence-corrected chi connectivity index (χ2v) is 5.55. The molecule has 1 N–H and O–H groups in total. The zero-order valence-corrected chi connectivity index (χ0v) is 12.2. The molecule has 0 spiro atoms. The fraction of sp³-hybridized carbons (Fsp3) is 1.00. The van der Waals surface area contributed by atoms with Crippen molar-refractivity contribution in [2.24, 2.45) is 0 Å². The number of nitrogens with zero attached hydrogens (tertiary/aromatic N) is 2. The largest absolute Gasteiger partial charge is 0.315 e. The van der Waals surface area contributed by atoms with Crippen LogP contribution in [0.25, 0.3) is 0 Å². The van der Waals surface area contributed by atoms with E-state index >= 15 is 0 Å². The molecular formula is C14H31N3. The van der Waals surface area contributed by atoms with Crippen molar-refractivity contribution in [1.29, 1.82) is 0 Å². The Morgan fingerprint density at radius 3 is 2.71 bits per heavy atom. The van der Waals surface area contributed by atoms with Gasteiger partial charge in [0.25, 0.3) is 0 Å². The minimum absolute atomic E-state index is 0.743. The first-order valence-electron chi connectivity index (χ1n) is 7.30. The third-order valence-corrected chi connectivity index (χ3v) is 3.72. The molecule has 0 aliphatic carbocycles. The molecule has 102 valence electrons. The van der Waals surface area contributed by atoms with Crippen molar-refractivity contribution in [3.05, 3.63) is 0 Å². The van der Waals surface area contributed by atoms with Crippen LogP contribution in [0.4, 0.5) is 0 Å². The summed E-state index contributed by atoms with van der Waals surface area (Å²) in [5, 5.41) is 3.53. The quantitative estimate of drug-likeness (QED) is 0.699. The molecule has 0 bridgehead atoms. The summed E-state index contributed by atoms with van der Waals surface area (Å²) in [4.78, 5) is 5.09. The Bertz CT molecular complexity index is 194. The molecule has 1 fully saturated rings. The highest BCUT2D eigenvalue weighted by molar-refractivity contribution is 4.87. The number of likely N-dealkylation sites (N-methyl/N-ethyl adjacent to an activating group) is 2. The summed E-state index contributed by atoms with van der Waals surface area (Å²) in [5.74, 6) is 0. The van der Waals surface area contributed by atoms with Crippen molar-refractivity contribution < 1.29 is 0 Å². The second-order valence-electron chi connectivity index (χ2n) is 5.55. The van der Waals surface area contributed by atoms with Crippen LogP contribution < -0.4 is 5.32 Å². The van der Waals surface area contributed by atoms with Crippen LogP contribution in [-0.4, -0.2) is 62.2 Å². The van der Waals surface area contributed by atoms with E-state index in [1.807, 2.05) is 0 Å². The molecule has 1 heterocycles. The van der Waals surface area contributed by atoms with E-state index in [9.17, 15) is 0 Å². The molecule has 0 aromatic carbocycles. The highest BCUT2D eigenvalue weighted by Gasteiger charge is 2.29. The minimum Gasteiger partial charge on any atom is -0.315 e. The highest BCUT2D eigenvalue weighted by atomic mass is 15.2. The van der Waals surface area contributed by atoms with Gasteiger partial charge >= 0.3 is 0 Å². The van der Waals surface area contributed by atoms with E-state index in [2.05, 4.69) is 43.1 Å². The monoisotopic (exact) mass is 241 g/mol. The Morgan fingerprint density at radius 2 is 2.12 bits per heavy atom. The summed E-state index contributed by atoms with van der Waals surface area (Å²) >= 11 is 0. The summed E-state index contributed by atoms with van der Waals surface area (Å²) in [6.07, 6.45) is 5.38. The first kappa shape index (κ1) is 14.9. The van der Waals surface area contributed by atoms with E-state index in [1.165, 1.54) is 38.8 Å². The van der Waals surface area contributed by atoms with Gasteiger partial charge in [0.05, 0.1) is 0 Å². The zero-order valence-electron chi connectivity index (χ0n) is 12.2. The molecule has 17 heavy (non-hydrogen) atoms. The summed E-state index contributed by atoms with van der Waals surface area (Å²) < 4.78 is 0. The molecule has 0 amide bonds. The normalized spacial score (nSPS) is 23.5. The Labute approximate surface area is 108 Å². The third kappa shape index (κ3) is 4.94. The van der Waals surface area contributed by atoms with Crippen molar-refractivity contribution in [2.45, 2.75) is 51.6 Å². The predicted octanol–water partition coefficient (Wildman–Crippen LogP) is 1.79. The first-order valence-corrected chi connectivity index (χ1v) is 7.30.